The maximum Gasteiger partial charge on any atom is 0.232 e. The van der Waals surface area contributed by atoms with Crippen LogP contribution in [0.2, 0.25) is 0 Å². The SMILES string of the molecule is Cc1ccccc1CNC(=O)CC(=O)N(Cc1ccccc1)C(C)C. The molecule has 0 saturated heterocycles. The molecule has 0 bridgehead atoms. The lowest BCUT2D eigenvalue weighted by atomic mass is 10.1. The van der Waals surface area contributed by atoms with Crippen molar-refractivity contribution < 1.29 is 9.59 Å². The van der Waals surface area contributed by atoms with Gasteiger partial charge in [-0.1, -0.05) is 54.6 Å². The van der Waals surface area contributed by atoms with Crippen molar-refractivity contribution in [2.75, 3.05) is 0 Å². The van der Waals surface area contributed by atoms with Gasteiger partial charge in [-0.25, -0.2) is 0 Å². The third-order valence-corrected chi connectivity index (χ3v) is 4.19. The summed E-state index contributed by atoms with van der Waals surface area (Å²) in [5.74, 6) is -0.395. The van der Waals surface area contributed by atoms with Gasteiger partial charge < -0.3 is 10.2 Å². The summed E-state index contributed by atoms with van der Waals surface area (Å²) in [4.78, 5) is 26.4. The standard InChI is InChI=1S/C21H26N2O2/c1-16(2)23(15-18-10-5-4-6-11-18)21(25)13-20(24)22-14-19-12-8-7-9-17(19)3/h4-12,16H,13-15H2,1-3H3,(H,22,24). The lowest BCUT2D eigenvalue weighted by molar-refractivity contribution is -0.138. The Kier molecular flexibility index (Phi) is 6.75. The van der Waals surface area contributed by atoms with Gasteiger partial charge in [-0.05, 0) is 37.5 Å². The summed E-state index contributed by atoms with van der Waals surface area (Å²) < 4.78 is 0. The normalized spacial score (nSPS) is 10.6. The average molecular weight is 338 g/mol. The highest BCUT2D eigenvalue weighted by molar-refractivity contribution is 5.96. The molecule has 25 heavy (non-hydrogen) atoms. The van der Waals surface area contributed by atoms with Crippen LogP contribution in [-0.2, 0) is 22.7 Å². The molecule has 0 aliphatic rings. The van der Waals surface area contributed by atoms with E-state index in [1.54, 1.807) is 4.90 Å². The highest BCUT2D eigenvalue weighted by Gasteiger charge is 2.20. The average Bonchev–Trinajstić information content (AvgIpc) is 2.59. The zero-order chi connectivity index (χ0) is 18.2. The van der Waals surface area contributed by atoms with Crippen molar-refractivity contribution >= 4 is 11.8 Å². The first-order valence-corrected chi connectivity index (χ1v) is 8.62. The van der Waals surface area contributed by atoms with Gasteiger partial charge in [-0.2, -0.15) is 0 Å². The summed E-state index contributed by atoms with van der Waals surface area (Å²) in [7, 11) is 0. The van der Waals surface area contributed by atoms with Gasteiger partial charge in [-0.3, -0.25) is 9.59 Å². The van der Waals surface area contributed by atoms with Gasteiger partial charge in [0.15, 0.2) is 0 Å². The molecule has 0 spiro atoms. The molecular weight excluding hydrogens is 312 g/mol. The topological polar surface area (TPSA) is 49.4 Å². The fourth-order valence-electron chi connectivity index (χ4n) is 2.64. The Bertz CT molecular complexity index is 711. The summed E-state index contributed by atoms with van der Waals surface area (Å²) in [6.45, 7) is 6.90. The van der Waals surface area contributed by atoms with Crippen molar-refractivity contribution in [2.45, 2.75) is 46.3 Å². The molecule has 0 atom stereocenters. The lowest BCUT2D eigenvalue weighted by Crippen LogP contribution is -2.39. The predicted molar refractivity (Wildman–Crippen MR) is 99.8 cm³/mol. The Morgan fingerprint density at radius 2 is 1.64 bits per heavy atom. The summed E-state index contributed by atoms with van der Waals surface area (Å²) in [5.41, 5.74) is 3.25. The van der Waals surface area contributed by atoms with E-state index < -0.39 is 0 Å². The van der Waals surface area contributed by atoms with E-state index in [0.717, 1.165) is 16.7 Å². The molecule has 0 heterocycles. The van der Waals surface area contributed by atoms with Gasteiger partial charge in [0.2, 0.25) is 11.8 Å². The third kappa shape index (κ3) is 5.75. The van der Waals surface area contributed by atoms with E-state index in [2.05, 4.69) is 5.32 Å². The molecular formula is C21H26N2O2. The Labute approximate surface area is 149 Å². The van der Waals surface area contributed by atoms with Crippen LogP contribution in [0.4, 0.5) is 0 Å². The largest absolute Gasteiger partial charge is 0.352 e. The number of hydrogen-bond acceptors (Lipinski definition) is 2. The number of nitrogens with one attached hydrogen (secondary N) is 1. The quantitative estimate of drug-likeness (QED) is 0.786. The van der Waals surface area contributed by atoms with Crippen molar-refractivity contribution in [3.8, 4) is 0 Å². The van der Waals surface area contributed by atoms with Crippen LogP contribution in [0.5, 0.6) is 0 Å². The summed E-state index contributed by atoms with van der Waals surface area (Å²) in [6, 6.07) is 17.8. The first kappa shape index (κ1) is 18.7. The molecule has 0 unspecified atom stereocenters. The second-order valence-corrected chi connectivity index (χ2v) is 6.48. The Hall–Kier alpha value is -2.62. The number of nitrogens with zero attached hydrogens (tertiary/aromatic N) is 1. The maximum atomic E-state index is 12.5. The monoisotopic (exact) mass is 338 g/mol. The number of carbonyl (C=O) groups is 2. The maximum absolute atomic E-state index is 12.5. The molecule has 4 heteroatoms. The van der Waals surface area contributed by atoms with Gasteiger partial charge >= 0.3 is 0 Å². The minimum atomic E-state index is -0.244. The molecule has 132 valence electrons. The van der Waals surface area contributed by atoms with Crippen molar-refractivity contribution in [1.82, 2.24) is 10.2 Å². The van der Waals surface area contributed by atoms with E-state index in [0.29, 0.717) is 13.1 Å². The van der Waals surface area contributed by atoms with Crippen LogP contribution in [-0.4, -0.2) is 22.8 Å². The number of hydrogen-bond donors (Lipinski definition) is 1. The van der Waals surface area contributed by atoms with Crippen LogP contribution in [0.15, 0.2) is 54.6 Å². The molecule has 1 N–H and O–H groups in total. The summed E-state index contributed by atoms with van der Waals surface area (Å²) >= 11 is 0. The van der Waals surface area contributed by atoms with Gasteiger partial charge in [0, 0.05) is 19.1 Å². The lowest BCUT2D eigenvalue weighted by Gasteiger charge is -2.27. The first-order chi connectivity index (χ1) is 12.0. The Balaban J connectivity index is 1.91. The van der Waals surface area contributed by atoms with Crippen LogP contribution in [0.25, 0.3) is 0 Å². The third-order valence-electron chi connectivity index (χ3n) is 4.19. The van der Waals surface area contributed by atoms with E-state index in [-0.39, 0.29) is 24.3 Å². The molecule has 4 nitrogen and oxygen atoms in total. The summed E-state index contributed by atoms with van der Waals surface area (Å²) in [5, 5.41) is 2.84. The second kappa shape index (κ2) is 9.02. The fourth-order valence-corrected chi connectivity index (χ4v) is 2.64. The first-order valence-electron chi connectivity index (χ1n) is 8.62. The molecule has 0 aliphatic carbocycles. The Morgan fingerprint density at radius 3 is 2.28 bits per heavy atom. The smallest absolute Gasteiger partial charge is 0.232 e. The zero-order valence-corrected chi connectivity index (χ0v) is 15.2. The fraction of sp³-hybridized carbons (Fsp3) is 0.333. The van der Waals surface area contributed by atoms with Crippen molar-refractivity contribution in [2.24, 2.45) is 0 Å². The minimum Gasteiger partial charge on any atom is -0.352 e. The molecule has 2 aromatic rings. The molecule has 2 amide bonds. The van der Waals surface area contributed by atoms with E-state index in [9.17, 15) is 9.59 Å². The number of benzene rings is 2. The molecule has 0 aromatic heterocycles. The molecule has 0 radical (unpaired) electrons. The zero-order valence-electron chi connectivity index (χ0n) is 15.2. The van der Waals surface area contributed by atoms with E-state index >= 15 is 0 Å². The van der Waals surface area contributed by atoms with E-state index in [1.807, 2.05) is 75.4 Å². The summed E-state index contributed by atoms with van der Waals surface area (Å²) in [6.07, 6.45) is -0.128. The molecule has 0 fully saturated rings. The minimum absolute atomic E-state index is 0.0388. The van der Waals surface area contributed by atoms with Crippen LogP contribution in [0.3, 0.4) is 0 Å². The number of carbonyl (C=O) groups excluding carboxylic acids is 2. The molecule has 2 rings (SSSR count). The predicted octanol–water partition coefficient (Wildman–Crippen LogP) is 3.44. The second-order valence-electron chi connectivity index (χ2n) is 6.48. The molecule has 0 saturated carbocycles. The van der Waals surface area contributed by atoms with Gasteiger partial charge in [-0.15, -0.1) is 0 Å². The van der Waals surface area contributed by atoms with E-state index in [1.165, 1.54) is 0 Å². The highest BCUT2D eigenvalue weighted by Crippen LogP contribution is 2.10. The van der Waals surface area contributed by atoms with Crippen LogP contribution < -0.4 is 5.32 Å². The van der Waals surface area contributed by atoms with Gasteiger partial charge in [0.05, 0.1) is 0 Å². The van der Waals surface area contributed by atoms with Gasteiger partial charge in [0.25, 0.3) is 0 Å². The van der Waals surface area contributed by atoms with Gasteiger partial charge in [0.1, 0.15) is 6.42 Å². The highest BCUT2D eigenvalue weighted by atomic mass is 16.2. The van der Waals surface area contributed by atoms with Crippen LogP contribution >= 0.6 is 0 Å². The van der Waals surface area contributed by atoms with Crippen molar-refractivity contribution in [3.05, 3.63) is 71.3 Å². The number of aryl methyl sites for hydroxylation is 1. The number of amides is 2. The van der Waals surface area contributed by atoms with Crippen molar-refractivity contribution in [3.63, 3.8) is 0 Å². The number of rotatable bonds is 7. The molecule has 0 aliphatic heterocycles. The van der Waals surface area contributed by atoms with E-state index in [4.69, 9.17) is 0 Å². The Morgan fingerprint density at radius 1 is 1.00 bits per heavy atom. The van der Waals surface area contributed by atoms with Crippen LogP contribution in [0.1, 0.15) is 37.0 Å². The van der Waals surface area contributed by atoms with Crippen LogP contribution in [0, 0.1) is 6.92 Å². The molecule has 2 aromatic carbocycles. The van der Waals surface area contributed by atoms with Crippen molar-refractivity contribution in [1.29, 1.82) is 0 Å².